The van der Waals surface area contributed by atoms with Crippen molar-refractivity contribution >= 4 is 5.97 Å². The van der Waals surface area contributed by atoms with Gasteiger partial charge in [0.15, 0.2) is 5.69 Å². The summed E-state index contributed by atoms with van der Waals surface area (Å²) in [6.45, 7) is 3.27. The van der Waals surface area contributed by atoms with Crippen molar-refractivity contribution in [2.75, 3.05) is 6.54 Å². The van der Waals surface area contributed by atoms with Gasteiger partial charge in [0.25, 0.3) is 0 Å². The third-order valence-electron chi connectivity index (χ3n) is 2.64. The van der Waals surface area contributed by atoms with Gasteiger partial charge in [0.1, 0.15) is 0 Å². The fraction of sp³-hybridized carbons (Fsp3) is 0.727. The van der Waals surface area contributed by atoms with Crippen molar-refractivity contribution in [3.63, 3.8) is 0 Å². The van der Waals surface area contributed by atoms with Gasteiger partial charge in [-0.25, -0.2) is 9.48 Å². The lowest BCUT2D eigenvalue weighted by Crippen LogP contribution is -2.13. The Bertz CT molecular complexity index is 362. The third-order valence-corrected chi connectivity index (χ3v) is 2.64. The third kappa shape index (κ3) is 3.81. The van der Waals surface area contributed by atoms with Crippen molar-refractivity contribution in [2.24, 2.45) is 5.73 Å². The number of aromatic carboxylic acids is 1. The predicted molar refractivity (Wildman–Crippen MR) is 63.9 cm³/mol. The Morgan fingerprint density at radius 1 is 1.41 bits per heavy atom. The Morgan fingerprint density at radius 2 is 2.18 bits per heavy atom. The first-order valence-electron chi connectivity index (χ1n) is 6.06. The summed E-state index contributed by atoms with van der Waals surface area (Å²) < 4.78 is 1.67. The zero-order valence-corrected chi connectivity index (χ0v) is 10.2. The van der Waals surface area contributed by atoms with Gasteiger partial charge in [0.2, 0.25) is 0 Å². The predicted octanol–water partition coefficient (Wildman–Crippen LogP) is 1.06. The van der Waals surface area contributed by atoms with Crippen LogP contribution in [0.3, 0.4) is 0 Å². The van der Waals surface area contributed by atoms with Crippen LogP contribution in [0.2, 0.25) is 0 Å². The van der Waals surface area contributed by atoms with Crippen molar-refractivity contribution in [3.8, 4) is 0 Å². The molecule has 0 fully saturated rings. The topological polar surface area (TPSA) is 94.0 Å². The van der Waals surface area contributed by atoms with Gasteiger partial charge in [-0.2, -0.15) is 0 Å². The van der Waals surface area contributed by atoms with Crippen molar-refractivity contribution in [3.05, 3.63) is 11.4 Å². The number of nitrogens with two attached hydrogens (primary N) is 1. The first-order chi connectivity index (χ1) is 8.20. The number of rotatable bonds is 8. The maximum atomic E-state index is 10.9. The molecule has 17 heavy (non-hydrogen) atoms. The second-order valence-corrected chi connectivity index (χ2v) is 4.01. The molecule has 0 aliphatic rings. The van der Waals surface area contributed by atoms with Crippen molar-refractivity contribution in [1.29, 1.82) is 0 Å². The summed E-state index contributed by atoms with van der Waals surface area (Å²) in [7, 11) is 0. The van der Waals surface area contributed by atoms with Crippen LogP contribution in [0.25, 0.3) is 0 Å². The quantitative estimate of drug-likeness (QED) is 0.662. The molecule has 0 unspecified atom stereocenters. The van der Waals surface area contributed by atoms with Gasteiger partial charge < -0.3 is 10.8 Å². The Hall–Kier alpha value is -1.43. The van der Waals surface area contributed by atoms with Crippen LogP contribution >= 0.6 is 0 Å². The fourth-order valence-electron chi connectivity index (χ4n) is 1.75. The Kier molecular flexibility index (Phi) is 5.62. The van der Waals surface area contributed by atoms with E-state index in [1.54, 1.807) is 4.68 Å². The highest BCUT2D eigenvalue weighted by Gasteiger charge is 2.17. The lowest BCUT2D eigenvalue weighted by molar-refractivity contribution is 0.0689. The first kappa shape index (κ1) is 13.6. The zero-order valence-electron chi connectivity index (χ0n) is 10.2. The minimum atomic E-state index is -1.03. The van der Waals surface area contributed by atoms with E-state index in [1.807, 2.05) is 0 Å². The lowest BCUT2D eigenvalue weighted by atomic mass is 10.2. The summed E-state index contributed by atoms with van der Waals surface area (Å²) in [5.41, 5.74) is 6.14. The molecule has 0 atom stereocenters. The van der Waals surface area contributed by atoms with Crippen molar-refractivity contribution in [2.45, 2.75) is 45.6 Å². The number of carbonyl (C=O) groups is 1. The molecule has 6 heteroatoms. The summed E-state index contributed by atoms with van der Waals surface area (Å²) in [5, 5.41) is 16.5. The standard InChI is InChI=1S/C11H20N4O2/c1-2-3-4-5-8-15-9(6-7-12)10(11(16)17)13-14-15/h2-8,12H2,1H3,(H,16,17). The molecule has 1 aromatic heterocycles. The Morgan fingerprint density at radius 3 is 2.76 bits per heavy atom. The molecule has 0 bridgehead atoms. The number of unbranched alkanes of at least 4 members (excludes halogenated alkanes) is 3. The van der Waals surface area contributed by atoms with Gasteiger partial charge in [-0.1, -0.05) is 31.4 Å². The zero-order chi connectivity index (χ0) is 12.7. The van der Waals surface area contributed by atoms with Crippen LogP contribution in [-0.2, 0) is 13.0 Å². The monoisotopic (exact) mass is 240 g/mol. The molecule has 0 aliphatic carbocycles. The van der Waals surface area contributed by atoms with Gasteiger partial charge >= 0.3 is 5.97 Å². The van der Waals surface area contributed by atoms with Crippen LogP contribution in [0.4, 0.5) is 0 Å². The van der Waals surface area contributed by atoms with Gasteiger partial charge in [0.05, 0.1) is 5.69 Å². The minimum absolute atomic E-state index is 0.0333. The highest BCUT2D eigenvalue weighted by atomic mass is 16.4. The van der Waals surface area contributed by atoms with Gasteiger partial charge in [-0.3, -0.25) is 0 Å². The highest BCUT2D eigenvalue weighted by molar-refractivity contribution is 5.86. The molecule has 0 aromatic carbocycles. The van der Waals surface area contributed by atoms with E-state index in [1.165, 1.54) is 12.8 Å². The molecule has 0 saturated heterocycles. The number of carboxylic acid groups (broad SMARTS) is 1. The number of aryl methyl sites for hydroxylation is 1. The van der Waals surface area contributed by atoms with E-state index < -0.39 is 5.97 Å². The molecule has 1 heterocycles. The molecule has 3 N–H and O–H groups in total. The summed E-state index contributed by atoms with van der Waals surface area (Å²) in [6.07, 6.45) is 4.98. The number of hydrogen-bond acceptors (Lipinski definition) is 4. The van der Waals surface area contributed by atoms with Gasteiger partial charge in [-0.05, 0) is 13.0 Å². The van der Waals surface area contributed by atoms with Crippen LogP contribution in [-0.4, -0.2) is 32.6 Å². The van der Waals surface area contributed by atoms with Crippen LogP contribution in [0.5, 0.6) is 0 Å². The molecule has 6 nitrogen and oxygen atoms in total. The van der Waals surface area contributed by atoms with Crippen molar-refractivity contribution in [1.82, 2.24) is 15.0 Å². The number of nitrogens with zero attached hydrogens (tertiary/aromatic N) is 3. The second kappa shape index (κ2) is 7.01. The van der Waals surface area contributed by atoms with E-state index in [0.29, 0.717) is 18.7 Å². The molecular weight excluding hydrogens is 220 g/mol. The molecule has 0 aliphatic heterocycles. The average Bonchev–Trinajstić information content (AvgIpc) is 2.69. The smallest absolute Gasteiger partial charge is 0.358 e. The lowest BCUT2D eigenvalue weighted by Gasteiger charge is -2.05. The van der Waals surface area contributed by atoms with Crippen LogP contribution < -0.4 is 5.73 Å². The van der Waals surface area contributed by atoms with Crippen molar-refractivity contribution < 1.29 is 9.90 Å². The molecule has 96 valence electrons. The summed E-state index contributed by atoms with van der Waals surface area (Å²) >= 11 is 0. The van der Waals surface area contributed by atoms with Crippen LogP contribution in [0, 0.1) is 0 Å². The van der Waals surface area contributed by atoms with E-state index in [9.17, 15) is 4.79 Å². The average molecular weight is 240 g/mol. The maximum absolute atomic E-state index is 10.9. The molecule has 0 saturated carbocycles. The molecule has 0 amide bonds. The second-order valence-electron chi connectivity index (χ2n) is 4.01. The highest BCUT2D eigenvalue weighted by Crippen LogP contribution is 2.09. The Labute approximate surface area is 101 Å². The first-order valence-corrected chi connectivity index (χ1v) is 6.06. The Balaban J connectivity index is 2.67. The largest absolute Gasteiger partial charge is 0.476 e. The van der Waals surface area contributed by atoms with Gasteiger partial charge in [-0.15, -0.1) is 5.10 Å². The molecule has 0 radical (unpaired) electrons. The molecule has 0 spiro atoms. The number of hydrogen-bond donors (Lipinski definition) is 2. The molecule has 1 aromatic rings. The van der Waals surface area contributed by atoms with E-state index in [2.05, 4.69) is 17.2 Å². The molecule has 1 rings (SSSR count). The van der Waals surface area contributed by atoms with E-state index >= 15 is 0 Å². The summed E-state index contributed by atoms with van der Waals surface area (Å²) in [5.74, 6) is -1.03. The fourth-order valence-corrected chi connectivity index (χ4v) is 1.75. The minimum Gasteiger partial charge on any atom is -0.476 e. The van der Waals surface area contributed by atoms with Gasteiger partial charge in [0, 0.05) is 13.0 Å². The van der Waals surface area contributed by atoms with E-state index in [-0.39, 0.29) is 5.69 Å². The number of aromatic nitrogens is 3. The van der Waals surface area contributed by atoms with E-state index in [0.717, 1.165) is 19.4 Å². The summed E-state index contributed by atoms with van der Waals surface area (Å²) in [6, 6.07) is 0. The van der Waals surface area contributed by atoms with Crippen LogP contribution in [0.1, 0.15) is 48.8 Å². The van der Waals surface area contributed by atoms with Crippen LogP contribution in [0.15, 0.2) is 0 Å². The number of carboxylic acids is 1. The summed E-state index contributed by atoms with van der Waals surface area (Å²) in [4.78, 5) is 10.9. The van der Waals surface area contributed by atoms with E-state index in [4.69, 9.17) is 10.8 Å². The maximum Gasteiger partial charge on any atom is 0.358 e. The normalized spacial score (nSPS) is 10.7. The molecular formula is C11H20N4O2. The SMILES string of the molecule is CCCCCCn1nnc(C(=O)O)c1CCN.